The van der Waals surface area contributed by atoms with E-state index >= 15 is 0 Å². The molecule has 1 unspecified atom stereocenters. The molecule has 0 radical (unpaired) electrons. The molecule has 1 amide bonds. The van der Waals surface area contributed by atoms with Crippen LogP contribution in [0.3, 0.4) is 0 Å². The van der Waals surface area contributed by atoms with Crippen LogP contribution in [0.2, 0.25) is 0 Å². The Kier molecular flexibility index (Phi) is 3.79. The molecule has 0 bridgehead atoms. The van der Waals surface area contributed by atoms with E-state index in [0.29, 0.717) is 5.92 Å². The first kappa shape index (κ1) is 10.6. The van der Waals surface area contributed by atoms with Crippen LogP contribution in [-0.2, 0) is 4.79 Å². The predicted octanol–water partition coefficient (Wildman–Crippen LogP) is 2.04. The summed E-state index contributed by atoms with van der Waals surface area (Å²) in [5, 5.41) is -0.389. The summed E-state index contributed by atoms with van der Waals surface area (Å²) < 4.78 is 0. The van der Waals surface area contributed by atoms with E-state index in [4.69, 9.17) is 11.6 Å². The van der Waals surface area contributed by atoms with Gasteiger partial charge in [0.25, 0.3) is 0 Å². The SMILES string of the molecule is C=CC1CCN(C(=O)C(C)Cl)CC1. The summed E-state index contributed by atoms with van der Waals surface area (Å²) in [5.74, 6) is 0.638. The fourth-order valence-electron chi connectivity index (χ4n) is 1.61. The number of likely N-dealkylation sites (tertiary alicyclic amines) is 1. The Hall–Kier alpha value is -0.500. The summed E-state index contributed by atoms with van der Waals surface area (Å²) in [5.41, 5.74) is 0. The number of piperidine rings is 1. The Morgan fingerprint density at radius 3 is 2.54 bits per heavy atom. The summed E-state index contributed by atoms with van der Waals surface area (Å²) in [6.07, 6.45) is 4.03. The lowest BCUT2D eigenvalue weighted by atomic mass is 9.97. The number of hydrogen-bond acceptors (Lipinski definition) is 1. The van der Waals surface area contributed by atoms with Gasteiger partial charge in [-0.1, -0.05) is 6.08 Å². The van der Waals surface area contributed by atoms with E-state index < -0.39 is 0 Å². The van der Waals surface area contributed by atoms with Crippen LogP contribution in [0.4, 0.5) is 0 Å². The number of hydrogen-bond donors (Lipinski definition) is 0. The number of rotatable bonds is 2. The number of halogens is 1. The summed E-state index contributed by atoms with van der Waals surface area (Å²) >= 11 is 5.72. The van der Waals surface area contributed by atoms with E-state index in [2.05, 4.69) is 6.58 Å². The van der Waals surface area contributed by atoms with Gasteiger partial charge in [-0.3, -0.25) is 4.79 Å². The van der Waals surface area contributed by atoms with E-state index in [1.165, 1.54) is 0 Å². The van der Waals surface area contributed by atoms with Gasteiger partial charge in [0, 0.05) is 13.1 Å². The van der Waals surface area contributed by atoms with Crippen molar-refractivity contribution in [3.05, 3.63) is 12.7 Å². The van der Waals surface area contributed by atoms with Crippen molar-refractivity contribution >= 4 is 17.5 Å². The molecule has 0 saturated carbocycles. The minimum atomic E-state index is -0.389. The highest BCUT2D eigenvalue weighted by Crippen LogP contribution is 2.18. The lowest BCUT2D eigenvalue weighted by Crippen LogP contribution is -2.41. The van der Waals surface area contributed by atoms with Gasteiger partial charge in [0.05, 0.1) is 0 Å². The number of alkyl halides is 1. The van der Waals surface area contributed by atoms with Crippen LogP contribution in [-0.4, -0.2) is 29.3 Å². The molecular weight excluding hydrogens is 186 g/mol. The van der Waals surface area contributed by atoms with E-state index in [-0.39, 0.29) is 11.3 Å². The van der Waals surface area contributed by atoms with Gasteiger partial charge in [0.2, 0.25) is 5.91 Å². The summed E-state index contributed by atoms with van der Waals surface area (Å²) in [4.78, 5) is 13.3. The fourth-order valence-corrected chi connectivity index (χ4v) is 1.75. The molecule has 0 aromatic carbocycles. The molecule has 0 spiro atoms. The molecule has 1 heterocycles. The quantitative estimate of drug-likeness (QED) is 0.495. The average Bonchev–Trinajstić information content (AvgIpc) is 2.17. The minimum absolute atomic E-state index is 0.0594. The molecule has 74 valence electrons. The second-order valence-corrected chi connectivity index (χ2v) is 4.17. The zero-order chi connectivity index (χ0) is 9.84. The third-order valence-corrected chi connectivity index (χ3v) is 2.71. The van der Waals surface area contributed by atoms with Crippen molar-refractivity contribution in [2.24, 2.45) is 5.92 Å². The number of carbonyl (C=O) groups excluding carboxylic acids is 1. The van der Waals surface area contributed by atoms with Crippen molar-refractivity contribution in [1.82, 2.24) is 4.90 Å². The molecule has 1 fully saturated rings. The molecule has 0 aromatic rings. The lowest BCUT2D eigenvalue weighted by molar-refractivity contribution is -0.131. The Labute approximate surface area is 84.6 Å². The van der Waals surface area contributed by atoms with Crippen LogP contribution >= 0.6 is 11.6 Å². The fraction of sp³-hybridized carbons (Fsp3) is 0.700. The van der Waals surface area contributed by atoms with Crippen LogP contribution in [0.5, 0.6) is 0 Å². The van der Waals surface area contributed by atoms with Crippen LogP contribution in [0.15, 0.2) is 12.7 Å². The standard InChI is InChI=1S/C10H16ClNO/c1-3-9-4-6-12(7-5-9)10(13)8(2)11/h3,8-9H,1,4-7H2,2H3. The van der Waals surface area contributed by atoms with E-state index in [9.17, 15) is 4.79 Å². The Morgan fingerprint density at radius 2 is 2.15 bits per heavy atom. The highest BCUT2D eigenvalue weighted by Gasteiger charge is 2.23. The Balaban J connectivity index is 2.40. The van der Waals surface area contributed by atoms with Crippen LogP contribution in [0, 0.1) is 5.92 Å². The number of allylic oxidation sites excluding steroid dienone is 1. The average molecular weight is 202 g/mol. The molecule has 13 heavy (non-hydrogen) atoms. The van der Waals surface area contributed by atoms with Gasteiger partial charge < -0.3 is 4.90 Å². The first-order valence-electron chi connectivity index (χ1n) is 4.70. The monoisotopic (exact) mass is 201 g/mol. The summed E-state index contributed by atoms with van der Waals surface area (Å²) in [7, 11) is 0. The molecule has 0 aliphatic carbocycles. The third kappa shape index (κ3) is 2.73. The predicted molar refractivity (Wildman–Crippen MR) is 54.8 cm³/mol. The lowest BCUT2D eigenvalue weighted by Gasteiger charge is -2.31. The Morgan fingerprint density at radius 1 is 1.62 bits per heavy atom. The molecule has 3 heteroatoms. The highest BCUT2D eigenvalue weighted by atomic mass is 35.5. The molecular formula is C10H16ClNO. The molecule has 1 aliphatic rings. The van der Waals surface area contributed by atoms with Gasteiger partial charge in [0.15, 0.2) is 0 Å². The number of nitrogens with zero attached hydrogens (tertiary/aromatic N) is 1. The highest BCUT2D eigenvalue weighted by molar-refractivity contribution is 6.30. The minimum Gasteiger partial charge on any atom is -0.341 e. The maximum atomic E-state index is 11.5. The van der Waals surface area contributed by atoms with Crippen molar-refractivity contribution in [3.8, 4) is 0 Å². The zero-order valence-corrected chi connectivity index (χ0v) is 8.76. The molecule has 1 atom stereocenters. The Bertz CT molecular complexity index is 195. The number of amides is 1. The largest absolute Gasteiger partial charge is 0.341 e. The van der Waals surface area contributed by atoms with Gasteiger partial charge in [-0.2, -0.15) is 0 Å². The van der Waals surface area contributed by atoms with Crippen molar-refractivity contribution in [2.45, 2.75) is 25.1 Å². The molecule has 0 aromatic heterocycles. The maximum absolute atomic E-state index is 11.5. The third-order valence-electron chi connectivity index (χ3n) is 2.52. The van der Waals surface area contributed by atoms with E-state index in [0.717, 1.165) is 25.9 Å². The zero-order valence-electron chi connectivity index (χ0n) is 8.00. The van der Waals surface area contributed by atoms with Gasteiger partial charge in [-0.25, -0.2) is 0 Å². The molecule has 1 saturated heterocycles. The second kappa shape index (κ2) is 4.66. The molecule has 0 N–H and O–H groups in total. The van der Waals surface area contributed by atoms with Gasteiger partial charge in [0.1, 0.15) is 5.38 Å². The van der Waals surface area contributed by atoms with Crippen LogP contribution < -0.4 is 0 Å². The topological polar surface area (TPSA) is 20.3 Å². The van der Waals surface area contributed by atoms with Crippen molar-refractivity contribution in [1.29, 1.82) is 0 Å². The van der Waals surface area contributed by atoms with Crippen LogP contribution in [0.25, 0.3) is 0 Å². The number of carbonyl (C=O) groups is 1. The van der Waals surface area contributed by atoms with Crippen LogP contribution in [0.1, 0.15) is 19.8 Å². The van der Waals surface area contributed by atoms with Gasteiger partial charge >= 0.3 is 0 Å². The first-order valence-corrected chi connectivity index (χ1v) is 5.14. The van der Waals surface area contributed by atoms with E-state index in [1.54, 1.807) is 6.92 Å². The van der Waals surface area contributed by atoms with E-state index in [1.807, 2.05) is 11.0 Å². The molecule has 1 aliphatic heterocycles. The van der Waals surface area contributed by atoms with Gasteiger partial charge in [-0.05, 0) is 25.7 Å². The summed E-state index contributed by atoms with van der Waals surface area (Å²) in [6, 6.07) is 0. The molecule has 2 nitrogen and oxygen atoms in total. The second-order valence-electron chi connectivity index (χ2n) is 3.51. The van der Waals surface area contributed by atoms with Crippen molar-refractivity contribution in [3.63, 3.8) is 0 Å². The normalized spacial score (nSPS) is 21.2. The van der Waals surface area contributed by atoms with Crippen molar-refractivity contribution in [2.75, 3.05) is 13.1 Å². The van der Waals surface area contributed by atoms with Crippen molar-refractivity contribution < 1.29 is 4.79 Å². The van der Waals surface area contributed by atoms with Gasteiger partial charge in [-0.15, -0.1) is 18.2 Å². The smallest absolute Gasteiger partial charge is 0.240 e. The summed E-state index contributed by atoms with van der Waals surface area (Å²) in [6.45, 7) is 7.14. The maximum Gasteiger partial charge on any atom is 0.240 e. The molecule has 1 rings (SSSR count). The first-order chi connectivity index (χ1) is 6.15.